The fraction of sp³-hybridized carbons (Fsp3) is 0. The summed E-state index contributed by atoms with van der Waals surface area (Å²) in [6, 6.07) is 88.9. The number of benzene rings is 11. The molecule has 0 amide bonds. The third-order valence-electron chi connectivity index (χ3n) is 13.2. The highest BCUT2D eigenvalue weighted by Crippen LogP contribution is 2.49. The van der Waals surface area contributed by atoms with E-state index in [0.717, 1.165) is 17.1 Å². The molecule has 0 spiro atoms. The van der Waals surface area contributed by atoms with E-state index in [4.69, 9.17) is 0 Å². The van der Waals surface area contributed by atoms with Crippen molar-refractivity contribution in [3.05, 3.63) is 243 Å². The van der Waals surface area contributed by atoms with E-state index in [1.165, 1.54) is 103 Å². The zero-order chi connectivity index (χ0) is 42.8. The van der Waals surface area contributed by atoms with Gasteiger partial charge in [-0.15, -0.1) is 11.3 Å². The first kappa shape index (κ1) is 37.3. The SMILES string of the molecule is c1ccc(-c2ccc(N(c3ccc(-c4cccc5ccccc45)cc3)c3ccc(-c4cccc5c4c4ccccc4n5-c4cccc5ccccc45)cc3)c3c2sc2ccccc23)cc1. The Balaban J connectivity index is 0.997. The Kier molecular flexibility index (Phi) is 8.75. The van der Waals surface area contributed by atoms with Gasteiger partial charge in [0, 0.05) is 47.7 Å². The summed E-state index contributed by atoms with van der Waals surface area (Å²) in [5.74, 6) is 0. The number of aromatic nitrogens is 1. The van der Waals surface area contributed by atoms with Gasteiger partial charge in [-0.3, -0.25) is 0 Å². The maximum atomic E-state index is 2.46. The molecule has 0 radical (unpaired) electrons. The van der Waals surface area contributed by atoms with Crippen LogP contribution in [0.15, 0.2) is 243 Å². The van der Waals surface area contributed by atoms with E-state index in [2.05, 4.69) is 252 Å². The average Bonchev–Trinajstić information content (AvgIpc) is 3.94. The number of para-hydroxylation sites is 1. The van der Waals surface area contributed by atoms with Crippen molar-refractivity contribution in [1.29, 1.82) is 0 Å². The highest BCUT2D eigenvalue weighted by atomic mass is 32.1. The van der Waals surface area contributed by atoms with Crippen LogP contribution >= 0.6 is 11.3 Å². The molecule has 0 aliphatic heterocycles. The molecule has 3 heteroatoms. The van der Waals surface area contributed by atoms with Crippen molar-refractivity contribution in [2.45, 2.75) is 0 Å². The summed E-state index contributed by atoms with van der Waals surface area (Å²) in [4.78, 5) is 2.46. The van der Waals surface area contributed by atoms with Crippen molar-refractivity contribution in [1.82, 2.24) is 4.57 Å². The Bertz CT molecular complexity index is 3920. The first-order chi connectivity index (χ1) is 32.3. The predicted octanol–water partition coefficient (Wildman–Crippen LogP) is 17.9. The van der Waals surface area contributed by atoms with Crippen LogP contribution in [-0.4, -0.2) is 4.57 Å². The molecule has 0 bridgehead atoms. The smallest absolute Gasteiger partial charge is 0.0555 e. The molecule has 0 aliphatic rings. The summed E-state index contributed by atoms with van der Waals surface area (Å²) in [6.45, 7) is 0. The summed E-state index contributed by atoms with van der Waals surface area (Å²) < 4.78 is 5.02. The molecule has 0 atom stereocenters. The summed E-state index contributed by atoms with van der Waals surface area (Å²) in [7, 11) is 0. The maximum Gasteiger partial charge on any atom is 0.0555 e. The standard InChI is InChI=1S/C62H40N2S/c1-2-15-43(16-3-1)52-39-40-58(61-54-24-9-11-30-59(54)65-62(52)61)63(46-35-31-44(32-36-46)49-25-12-19-41-17-4-6-21-48(41)49)47-37-33-45(34-38-47)51-26-14-29-57-60(51)53-23-8-10-27-56(53)64(57)55-28-13-20-42-18-5-7-22-50(42)55/h1-40H. The lowest BCUT2D eigenvalue weighted by Gasteiger charge is -2.27. The molecule has 2 aromatic heterocycles. The third-order valence-corrected chi connectivity index (χ3v) is 14.4. The van der Waals surface area contributed by atoms with E-state index in [1.54, 1.807) is 0 Å². The summed E-state index contributed by atoms with van der Waals surface area (Å²) >= 11 is 1.88. The van der Waals surface area contributed by atoms with E-state index < -0.39 is 0 Å². The molecule has 2 nitrogen and oxygen atoms in total. The molecule has 13 rings (SSSR count). The lowest BCUT2D eigenvalue weighted by molar-refractivity contribution is 1.20. The zero-order valence-electron chi connectivity index (χ0n) is 35.4. The van der Waals surface area contributed by atoms with Crippen LogP contribution in [-0.2, 0) is 0 Å². The highest BCUT2D eigenvalue weighted by Gasteiger charge is 2.22. The van der Waals surface area contributed by atoms with E-state index in [0.29, 0.717) is 0 Å². The molecule has 0 saturated heterocycles. The quantitative estimate of drug-likeness (QED) is 0.155. The lowest BCUT2D eigenvalue weighted by atomic mass is 9.97. The second-order valence-corrected chi connectivity index (χ2v) is 17.9. The molecular weight excluding hydrogens is 805 g/mol. The molecule has 0 N–H and O–H groups in total. The fourth-order valence-corrected chi connectivity index (χ4v) is 11.5. The monoisotopic (exact) mass is 844 g/mol. The molecule has 2 heterocycles. The Morgan fingerprint density at radius 2 is 0.862 bits per heavy atom. The largest absolute Gasteiger partial charge is 0.310 e. The van der Waals surface area contributed by atoms with Gasteiger partial charge >= 0.3 is 0 Å². The van der Waals surface area contributed by atoms with E-state index in [1.807, 2.05) is 11.3 Å². The van der Waals surface area contributed by atoms with Gasteiger partial charge in [-0.25, -0.2) is 0 Å². The van der Waals surface area contributed by atoms with Gasteiger partial charge in [-0.05, 0) is 104 Å². The van der Waals surface area contributed by atoms with Crippen LogP contribution in [0.25, 0.3) is 103 Å². The van der Waals surface area contributed by atoms with Gasteiger partial charge in [0.25, 0.3) is 0 Å². The predicted molar refractivity (Wildman–Crippen MR) is 280 cm³/mol. The third kappa shape index (κ3) is 6.08. The molecule has 0 fully saturated rings. The Morgan fingerprint density at radius 3 is 1.63 bits per heavy atom. The van der Waals surface area contributed by atoms with Crippen molar-refractivity contribution in [2.75, 3.05) is 4.90 Å². The number of anilines is 3. The molecule has 304 valence electrons. The highest BCUT2D eigenvalue weighted by molar-refractivity contribution is 7.26. The molecular formula is C62H40N2S. The number of thiophene rings is 1. The van der Waals surface area contributed by atoms with E-state index >= 15 is 0 Å². The van der Waals surface area contributed by atoms with Gasteiger partial charge < -0.3 is 9.47 Å². The van der Waals surface area contributed by atoms with Crippen LogP contribution in [0.1, 0.15) is 0 Å². The van der Waals surface area contributed by atoms with Gasteiger partial charge in [0.15, 0.2) is 0 Å². The van der Waals surface area contributed by atoms with Gasteiger partial charge in [0.2, 0.25) is 0 Å². The minimum atomic E-state index is 1.10. The number of hydrogen-bond acceptors (Lipinski definition) is 2. The van der Waals surface area contributed by atoms with Crippen molar-refractivity contribution in [2.24, 2.45) is 0 Å². The number of fused-ring (bicyclic) bond motifs is 8. The van der Waals surface area contributed by atoms with Crippen LogP contribution < -0.4 is 4.90 Å². The minimum Gasteiger partial charge on any atom is -0.310 e. The fourth-order valence-electron chi connectivity index (χ4n) is 10.2. The number of rotatable bonds is 7. The van der Waals surface area contributed by atoms with E-state index in [-0.39, 0.29) is 0 Å². The summed E-state index contributed by atoms with van der Waals surface area (Å²) in [5.41, 5.74) is 14.2. The summed E-state index contributed by atoms with van der Waals surface area (Å²) in [6.07, 6.45) is 0. The first-order valence-corrected chi connectivity index (χ1v) is 23.1. The number of hydrogen-bond donors (Lipinski definition) is 0. The van der Waals surface area contributed by atoms with Crippen LogP contribution in [0.2, 0.25) is 0 Å². The molecule has 0 unspecified atom stereocenters. The van der Waals surface area contributed by atoms with Crippen LogP contribution in [0.4, 0.5) is 17.1 Å². The second-order valence-electron chi connectivity index (χ2n) is 16.8. The van der Waals surface area contributed by atoms with Gasteiger partial charge in [0.05, 0.1) is 22.4 Å². The Labute approximate surface area is 381 Å². The number of nitrogens with zero attached hydrogens (tertiary/aromatic N) is 2. The normalized spacial score (nSPS) is 11.7. The second kappa shape index (κ2) is 15.2. The molecule has 0 saturated carbocycles. The van der Waals surface area contributed by atoms with Crippen LogP contribution in [0, 0.1) is 0 Å². The molecule has 11 aromatic carbocycles. The molecule has 65 heavy (non-hydrogen) atoms. The molecule has 13 aromatic rings. The summed E-state index contributed by atoms with van der Waals surface area (Å²) in [5, 5.41) is 10.0. The van der Waals surface area contributed by atoms with Crippen molar-refractivity contribution >= 4 is 91.9 Å². The Morgan fingerprint density at radius 1 is 0.323 bits per heavy atom. The van der Waals surface area contributed by atoms with Gasteiger partial charge in [0.1, 0.15) is 0 Å². The van der Waals surface area contributed by atoms with Crippen molar-refractivity contribution in [3.63, 3.8) is 0 Å². The molecule has 0 aliphatic carbocycles. The topological polar surface area (TPSA) is 8.17 Å². The average molecular weight is 845 g/mol. The van der Waals surface area contributed by atoms with Crippen molar-refractivity contribution < 1.29 is 0 Å². The first-order valence-electron chi connectivity index (χ1n) is 22.3. The van der Waals surface area contributed by atoms with Crippen LogP contribution in [0.3, 0.4) is 0 Å². The van der Waals surface area contributed by atoms with Gasteiger partial charge in [-0.2, -0.15) is 0 Å². The van der Waals surface area contributed by atoms with Crippen molar-refractivity contribution in [3.8, 4) is 39.1 Å². The van der Waals surface area contributed by atoms with E-state index in [9.17, 15) is 0 Å². The zero-order valence-corrected chi connectivity index (χ0v) is 36.2. The lowest BCUT2D eigenvalue weighted by Crippen LogP contribution is -2.10. The maximum absolute atomic E-state index is 2.46. The Hall–Kier alpha value is -8.24. The van der Waals surface area contributed by atoms with Crippen LogP contribution in [0.5, 0.6) is 0 Å². The minimum absolute atomic E-state index is 1.10. The van der Waals surface area contributed by atoms with Gasteiger partial charge in [-0.1, -0.05) is 188 Å².